The first-order valence-electron chi connectivity index (χ1n) is 9.53. The summed E-state index contributed by atoms with van der Waals surface area (Å²) in [5.74, 6) is 0.950. The minimum Gasteiger partial charge on any atom is -0.426 e. The average Bonchev–Trinajstić information content (AvgIpc) is 3.00. The Labute approximate surface area is 146 Å². The summed E-state index contributed by atoms with van der Waals surface area (Å²) in [6.07, 6.45) is 9.98. The first-order valence-corrected chi connectivity index (χ1v) is 9.53. The Morgan fingerprint density at radius 1 is 1.21 bits per heavy atom. The van der Waals surface area contributed by atoms with Gasteiger partial charge in [0.25, 0.3) is 0 Å². The van der Waals surface area contributed by atoms with Crippen molar-refractivity contribution in [2.75, 3.05) is 0 Å². The number of carbonyl (C=O) groups is 1. The number of hydrogen-bond donors (Lipinski definition) is 1. The van der Waals surface area contributed by atoms with Crippen LogP contribution in [0.15, 0.2) is 23.8 Å². The highest BCUT2D eigenvalue weighted by Crippen LogP contribution is 2.62. The molecule has 0 bridgehead atoms. The predicted octanol–water partition coefficient (Wildman–Crippen LogP) is 4.47. The monoisotopic (exact) mass is 332 g/mol. The number of esters is 1. The maximum atomic E-state index is 11.7. The van der Waals surface area contributed by atoms with Gasteiger partial charge in [0.15, 0.2) is 0 Å². The average molecular weight is 332 g/mol. The van der Waals surface area contributed by atoms with Gasteiger partial charge in [-0.3, -0.25) is 0 Å². The fourth-order valence-corrected chi connectivity index (χ4v) is 5.21. The highest BCUT2D eigenvalue weighted by atomic mass is 16.7. The molecule has 1 heterocycles. The Morgan fingerprint density at radius 3 is 2.58 bits per heavy atom. The van der Waals surface area contributed by atoms with Crippen molar-refractivity contribution in [2.45, 2.75) is 66.1 Å². The SMILES string of the molecule is CC(C)[C@H](C)C=C[C@@H](C)[C@H]1CCC2C3=CC(=O)O[C@@]3(O)CC[C@@]21C. The van der Waals surface area contributed by atoms with Crippen LogP contribution in [0.1, 0.15) is 60.3 Å². The Hall–Kier alpha value is -1.09. The summed E-state index contributed by atoms with van der Waals surface area (Å²) in [4.78, 5) is 11.7. The third kappa shape index (κ3) is 2.75. The molecule has 0 aromatic carbocycles. The van der Waals surface area contributed by atoms with Crippen molar-refractivity contribution in [1.82, 2.24) is 0 Å². The minimum atomic E-state index is -1.32. The zero-order valence-corrected chi connectivity index (χ0v) is 15.7. The highest BCUT2D eigenvalue weighted by molar-refractivity contribution is 5.86. The second-order valence-corrected chi connectivity index (χ2v) is 8.89. The zero-order chi connectivity index (χ0) is 17.7. The van der Waals surface area contributed by atoms with Crippen LogP contribution in [-0.4, -0.2) is 16.9 Å². The summed E-state index contributed by atoms with van der Waals surface area (Å²) in [5.41, 5.74) is 0.993. The van der Waals surface area contributed by atoms with E-state index in [1.165, 1.54) is 0 Å². The smallest absolute Gasteiger partial charge is 0.333 e. The maximum Gasteiger partial charge on any atom is 0.333 e. The third-order valence-corrected chi connectivity index (χ3v) is 7.19. The van der Waals surface area contributed by atoms with Crippen molar-refractivity contribution in [2.24, 2.45) is 35.0 Å². The summed E-state index contributed by atoms with van der Waals surface area (Å²) in [5, 5.41) is 10.7. The van der Waals surface area contributed by atoms with Crippen LogP contribution in [0.3, 0.4) is 0 Å². The largest absolute Gasteiger partial charge is 0.426 e. The molecule has 1 N–H and O–H groups in total. The molecule has 0 radical (unpaired) electrons. The summed E-state index contributed by atoms with van der Waals surface area (Å²) in [7, 11) is 0. The van der Waals surface area contributed by atoms with E-state index < -0.39 is 5.79 Å². The van der Waals surface area contributed by atoms with Crippen LogP contribution in [0.25, 0.3) is 0 Å². The fraction of sp³-hybridized carbons (Fsp3) is 0.762. The summed E-state index contributed by atoms with van der Waals surface area (Å²) in [6.45, 7) is 11.5. The number of carbonyl (C=O) groups excluding carboxylic acids is 1. The lowest BCUT2D eigenvalue weighted by atomic mass is 9.60. The summed E-state index contributed by atoms with van der Waals surface area (Å²) < 4.78 is 5.22. The number of aliphatic hydroxyl groups is 1. The van der Waals surface area contributed by atoms with E-state index in [0.717, 1.165) is 24.8 Å². The number of fused-ring (bicyclic) bond motifs is 3. The Balaban J connectivity index is 1.80. The van der Waals surface area contributed by atoms with Crippen molar-refractivity contribution in [1.29, 1.82) is 0 Å². The van der Waals surface area contributed by atoms with Gasteiger partial charge in [0.2, 0.25) is 5.79 Å². The molecule has 24 heavy (non-hydrogen) atoms. The van der Waals surface area contributed by atoms with Gasteiger partial charge < -0.3 is 9.84 Å². The molecule has 3 heteroatoms. The standard InChI is InChI=1S/C21H32O3/c1-13(2)14(3)6-7-15(4)16-8-9-17-18-12-19(22)24-21(18,23)11-10-20(16,17)5/h6-7,12-17,23H,8-11H2,1-5H3/t14-,15-,16-,17?,20-,21+/m1/s1. The number of allylic oxidation sites excluding steroid dienone is 2. The van der Waals surface area contributed by atoms with Gasteiger partial charge in [0.05, 0.1) is 0 Å². The van der Waals surface area contributed by atoms with Crippen LogP contribution < -0.4 is 0 Å². The molecule has 2 aliphatic carbocycles. The van der Waals surface area contributed by atoms with E-state index in [1.54, 1.807) is 6.08 Å². The van der Waals surface area contributed by atoms with Gasteiger partial charge in [0, 0.05) is 18.1 Å². The molecule has 2 fully saturated rings. The van der Waals surface area contributed by atoms with Gasteiger partial charge >= 0.3 is 5.97 Å². The molecule has 0 amide bonds. The molecule has 1 aliphatic heterocycles. The van der Waals surface area contributed by atoms with E-state index >= 15 is 0 Å². The quantitative estimate of drug-likeness (QED) is 0.610. The van der Waals surface area contributed by atoms with Crippen molar-refractivity contribution < 1.29 is 14.6 Å². The normalized spacial score (nSPS) is 41.1. The van der Waals surface area contributed by atoms with Crippen molar-refractivity contribution in [3.8, 4) is 0 Å². The van der Waals surface area contributed by atoms with Gasteiger partial charge in [-0.15, -0.1) is 0 Å². The maximum absolute atomic E-state index is 11.7. The molecule has 3 nitrogen and oxygen atoms in total. The molecule has 0 saturated heterocycles. The first-order chi connectivity index (χ1) is 11.2. The topological polar surface area (TPSA) is 46.5 Å². The van der Waals surface area contributed by atoms with Crippen LogP contribution >= 0.6 is 0 Å². The van der Waals surface area contributed by atoms with Gasteiger partial charge in [-0.2, -0.15) is 0 Å². The molecule has 0 aromatic heterocycles. The fourth-order valence-electron chi connectivity index (χ4n) is 5.21. The molecule has 3 aliphatic rings. The summed E-state index contributed by atoms with van der Waals surface area (Å²) in [6, 6.07) is 0. The van der Waals surface area contributed by atoms with E-state index in [9.17, 15) is 9.90 Å². The lowest BCUT2D eigenvalue weighted by molar-refractivity contribution is -0.196. The van der Waals surface area contributed by atoms with Gasteiger partial charge in [0.1, 0.15) is 0 Å². The van der Waals surface area contributed by atoms with E-state index in [-0.39, 0.29) is 17.3 Å². The molecule has 0 spiro atoms. The van der Waals surface area contributed by atoms with E-state index in [4.69, 9.17) is 4.74 Å². The lowest BCUT2D eigenvalue weighted by Gasteiger charge is -2.47. The van der Waals surface area contributed by atoms with Gasteiger partial charge in [-0.25, -0.2) is 4.79 Å². The van der Waals surface area contributed by atoms with E-state index in [2.05, 4.69) is 46.8 Å². The minimum absolute atomic E-state index is 0.150. The Bertz CT molecular complexity index is 576. The van der Waals surface area contributed by atoms with E-state index in [1.807, 2.05) is 0 Å². The highest BCUT2D eigenvalue weighted by Gasteiger charge is 2.59. The number of rotatable bonds is 4. The lowest BCUT2D eigenvalue weighted by Crippen LogP contribution is -2.46. The van der Waals surface area contributed by atoms with Crippen molar-refractivity contribution in [3.63, 3.8) is 0 Å². The molecule has 134 valence electrons. The van der Waals surface area contributed by atoms with Gasteiger partial charge in [-0.05, 0) is 54.3 Å². The third-order valence-electron chi connectivity index (χ3n) is 7.19. The van der Waals surface area contributed by atoms with Crippen LogP contribution in [0, 0.1) is 35.0 Å². The van der Waals surface area contributed by atoms with Crippen LogP contribution in [0.4, 0.5) is 0 Å². The molecule has 1 unspecified atom stereocenters. The zero-order valence-electron chi connectivity index (χ0n) is 15.7. The molecule has 0 aromatic rings. The van der Waals surface area contributed by atoms with Crippen molar-refractivity contribution in [3.05, 3.63) is 23.8 Å². The van der Waals surface area contributed by atoms with E-state index in [0.29, 0.717) is 30.1 Å². The number of hydrogen-bond acceptors (Lipinski definition) is 3. The van der Waals surface area contributed by atoms with Crippen LogP contribution in [0.2, 0.25) is 0 Å². The van der Waals surface area contributed by atoms with Crippen LogP contribution in [-0.2, 0) is 9.53 Å². The second-order valence-electron chi connectivity index (χ2n) is 8.89. The molecule has 3 rings (SSSR count). The predicted molar refractivity (Wildman–Crippen MR) is 95.0 cm³/mol. The first kappa shape index (κ1) is 17.7. The second kappa shape index (κ2) is 6.01. The Morgan fingerprint density at radius 2 is 1.92 bits per heavy atom. The summed E-state index contributed by atoms with van der Waals surface area (Å²) >= 11 is 0. The molecule has 2 saturated carbocycles. The molecular formula is C21H32O3. The van der Waals surface area contributed by atoms with Crippen molar-refractivity contribution >= 4 is 5.97 Å². The van der Waals surface area contributed by atoms with Crippen LogP contribution in [0.5, 0.6) is 0 Å². The molecule has 6 atom stereocenters. The van der Waals surface area contributed by atoms with Gasteiger partial charge in [-0.1, -0.05) is 46.8 Å². The molecular weight excluding hydrogens is 300 g/mol. The Kier molecular flexibility index (Phi) is 4.44. The number of ether oxygens (including phenoxy) is 1.